The molecule has 1 aromatic rings. The lowest BCUT2D eigenvalue weighted by Gasteiger charge is -2.30. The summed E-state index contributed by atoms with van der Waals surface area (Å²) in [6.45, 7) is 1.17. The van der Waals surface area contributed by atoms with Gasteiger partial charge in [-0.15, -0.1) is 0 Å². The highest BCUT2D eigenvalue weighted by molar-refractivity contribution is 7.89. The number of piperidine rings is 1. The molecule has 6 nitrogen and oxygen atoms in total. The van der Waals surface area contributed by atoms with E-state index < -0.39 is 16.1 Å². The van der Waals surface area contributed by atoms with Crippen LogP contribution >= 0.6 is 0 Å². The van der Waals surface area contributed by atoms with Crippen LogP contribution in [0.2, 0.25) is 0 Å². The Hall–Kier alpha value is -1.60. The number of amides is 1. The van der Waals surface area contributed by atoms with Crippen molar-refractivity contribution >= 4 is 16.1 Å². The first kappa shape index (κ1) is 14.8. The van der Waals surface area contributed by atoms with Crippen LogP contribution in [-0.2, 0) is 10.0 Å². The Kier molecular flexibility index (Phi) is 4.61. The maximum atomic E-state index is 12.0. The van der Waals surface area contributed by atoms with Crippen molar-refractivity contribution in [2.75, 3.05) is 19.6 Å². The van der Waals surface area contributed by atoms with Crippen molar-refractivity contribution in [3.63, 3.8) is 0 Å². The molecule has 1 saturated heterocycles. The van der Waals surface area contributed by atoms with Gasteiger partial charge in [-0.1, -0.05) is 18.2 Å². The summed E-state index contributed by atoms with van der Waals surface area (Å²) < 4.78 is 26.7. The van der Waals surface area contributed by atoms with Crippen molar-refractivity contribution in [2.45, 2.75) is 17.7 Å². The maximum Gasteiger partial charge on any atom is 0.407 e. The number of hydrogen-bond acceptors (Lipinski definition) is 3. The fourth-order valence-electron chi connectivity index (χ4n) is 2.32. The second-order valence-corrected chi connectivity index (χ2v) is 6.67. The Morgan fingerprint density at radius 2 is 2.05 bits per heavy atom. The molecule has 0 radical (unpaired) electrons. The summed E-state index contributed by atoms with van der Waals surface area (Å²) in [7, 11) is -3.51. The number of rotatable bonds is 4. The zero-order valence-corrected chi connectivity index (χ0v) is 11.8. The average Bonchev–Trinajstić information content (AvgIpc) is 2.46. The molecule has 1 fully saturated rings. The fraction of sp³-hybridized carbons (Fsp3) is 0.462. The van der Waals surface area contributed by atoms with E-state index in [2.05, 4.69) is 4.72 Å². The molecule has 1 heterocycles. The number of nitrogens with zero attached hydrogens (tertiary/aromatic N) is 1. The third-order valence-corrected chi connectivity index (χ3v) is 4.84. The number of carbonyl (C=O) groups is 1. The highest BCUT2D eigenvalue weighted by Crippen LogP contribution is 2.17. The molecule has 1 unspecified atom stereocenters. The van der Waals surface area contributed by atoms with E-state index >= 15 is 0 Å². The van der Waals surface area contributed by atoms with Crippen LogP contribution in [0.4, 0.5) is 4.79 Å². The normalized spacial score (nSPS) is 19.8. The molecule has 2 rings (SSSR count). The third kappa shape index (κ3) is 3.71. The predicted molar refractivity (Wildman–Crippen MR) is 74.0 cm³/mol. The molecule has 1 aliphatic heterocycles. The van der Waals surface area contributed by atoms with Gasteiger partial charge in [-0.3, -0.25) is 0 Å². The van der Waals surface area contributed by atoms with Gasteiger partial charge in [-0.2, -0.15) is 0 Å². The summed E-state index contributed by atoms with van der Waals surface area (Å²) >= 11 is 0. The van der Waals surface area contributed by atoms with E-state index in [4.69, 9.17) is 5.11 Å². The quantitative estimate of drug-likeness (QED) is 0.878. The van der Waals surface area contributed by atoms with Gasteiger partial charge in [0.15, 0.2) is 0 Å². The SMILES string of the molecule is O=C(O)N1CCCC(CNS(=O)(=O)c2ccccc2)C1. The van der Waals surface area contributed by atoms with Crippen LogP contribution in [-0.4, -0.2) is 44.2 Å². The van der Waals surface area contributed by atoms with E-state index in [1.807, 2.05) is 0 Å². The van der Waals surface area contributed by atoms with Crippen LogP contribution in [0.5, 0.6) is 0 Å². The maximum absolute atomic E-state index is 12.0. The van der Waals surface area contributed by atoms with Crippen molar-refractivity contribution in [1.82, 2.24) is 9.62 Å². The topological polar surface area (TPSA) is 86.7 Å². The van der Waals surface area contributed by atoms with Gasteiger partial charge in [-0.05, 0) is 30.9 Å². The van der Waals surface area contributed by atoms with E-state index in [9.17, 15) is 13.2 Å². The van der Waals surface area contributed by atoms with Crippen molar-refractivity contribution in [3.8, 4) is 0 Å². The van der Waals surface area contributed by atoms with Crippen LogP contribution in [0.1, 0.15) is 12.8 Å². The summed E-state index contributed by atoms with van der Waals surface area (Å²) in [4.78, 5) is 12.5. The Morgan fingerprint density at radius 1 is 1.35 bits per heavy atom. The van der Waals surface area contributed by atoms with Crippen molar-refractivity contribution < 1.29 is 18.3 Å². The number of hydrogen-bond donors (Lipinski definition) is 2. The van der Waals surface area contributed by atoms with E-state index in [0.29, 0.717) is 13.1 Å². The molecule has 0 aliphatic carbocycles. The first-order chi connectivity index (χ1) is 9.49. The third-order valence-electron chi connectivity index (χ3n) is 3.41. The Morgan fingerprint density at radius 3 is 2.70 bits per heavy atom. The highest BCUT2D eigenvalue weighted by Gasteiger charge is 2.24. The number of carboxylic acid groups (broad SMARTS) is 1. The Labute approximate surface area is 118 Å². The molecule has 7 heteroatoms. The standard InChI is InChI=1S/C13H18N2O4S/c16-13(17)15-8-4-5-11(10-15)9-14-20(18,19)12-6-2-1-3-7-12/h1-3,6-7,11,14H,4-5,8-10H2,(H,16,17). The van der Waals surface area contributed by atoms with E-state index in [-0.39, 0.29) is 17.4 Å². The van der Waals surface area contributed by atoms with Gasteiger partial charge in [-0.25, -0.2) is 17.9 Å². The smallest absolute Gasteiger partial charge is 0.407 e. The summed E-state index contributed by atoms with van der Waals surface area (Å²) in [6, 6.07) is 8.16. The van der Waals surface area contributed by atoms with E-state index in [0.717, 1.165) is 12.8 Å². The summed E-state index contributed by atoms with van der Waals surface area (Å²) in [5.41, 5.74) is 0. The van der Waals surface area contributed by atoms with Crippen LogP contribution in [0.3, 0.4) is 0 Å². The minimum Gasteiger partial charge on any atom is -0.465 e. The molecule has 1 atom stereocenters. The summed E-state index contributed by atoms with van der Waals surface area (Å²) in [5, 5.41) is 8.95. The van der Waals surface area contributed by atoms with Gasteiger partial charge >= 0.3 is 6.09 Å². The molecule has 0 bridgehead atoms. The van der Waals surface area contributed by atoms with Gasteiger partial charge < -0.3 is 10.0 Å². The van der Waals surface area contributed by atoms with Crippen LogP contribution < -0.4 is 4.72 Å². The minimum atomic E-state index is -3.51. The van der Waals surface area contributed by atoms with Crippen LogP contribution in [0, 0.1) is 5.92 Å². The van der Waals surface area contributed by atoms with E-state index in [1.54, 1.807) is 18.2 Å². The Balaban J connectivity index is 1.93. The van der Waals surface area contributed by atoms with E-state index in [1.165, 1.54) is 17.0 Å². The van der Waals surface area contributed by atoms with Gasteiger partial charge in [0.05, 0.1) is 4.90 Å². The van der Waals surface area contributed by atoms with Crippen LogP contribution in [0.15, 0.2) is 35.2 Å². The van der Waals surface area contributed by atoms with Gasteiger partial charge in [0, 0.05) is 19.6 Å². The fourth-order valence-corrected chi connectivity index (χ4v) is 3.45. The molecule has 0 spiro atoms. The van der Waals surface area contributed by atoms with Gasteiger partial charge in [0.1, 0.15) is 0 Å². The number of benzene rings is 1. The molecule has 1 amide bonds. The molecule has 1 aliphatic rings. The first-order valence-electron chi connectivity index (χ1n) is 6.51. The molecule has 2 N–H and O–H groups in total. The molecular weight excluding hydrogens is 280 g/mol. The number of nitrogens with one attached hydrogen (secondary N) is 1. The van der Waals surface area contributed by atoms with Gasteiger partial charge in [0.2, 0.25) is 10.0 Å². The Bertz CT molecular complexity index is 559. The lowest BCUT2D eigenvalue weighted by Crippen LogP contribution is -2.43. The molecule has 20 heavy (non-hydrogen) atoms. The number of likely N-dealkylation sites (tertiary alicyclic amines) is 1. The van der Waals surface area contributed by atoms with Crippen molar-refractivity contribution in [1.29, 1.82) is 0 Å². The largest absolute Gasteiger partial charge is 0.465 e. The van der Waals surface area contributed by atoms with Gasteiger partial charge in [0.25, 0.3) is 0 Å². The molecule has 0 saturated carbocycles. The second-order valence-electron chi connectivity index (χ2n) is 4.90. The monoisotopic (exact) mass is 298 g/mol. The molecule has 0 aromatic heterocycles. The second kappa shape index (κ2) is 6.23. The zero-order chi connectivity index (χ0) is 14.6. The summed E-state index contributed by atoms with van der Waals surface area (Å²) in [6.07, 6.45) is 0.658. The van der Waals surface area contributed by atoms with Crippen molar-refractivity contribution in [2.24, 2.45) is 5.92 Å². The molecular formula is C13H18N2O4S. The first-order valence-corrected chi connectivity index (χ1v) is 8.00. The minimum absolute atomic E-state index is 0.0262. The number of sulfonamides is 1. The van der Waals surface area contributed by atoms with Crippen molar-refractivity contribution in [3.05, 3.63) is 30.3 Å². The van der Waals surface area contributed by atoms with Crippen LogP contribution in [0.25, 0.3) is 0 Å². The average molecular weight is 298 g/mol. The zero-order valence-electron chi connectivity index (χ0n) is 11.0. The molecule has 1 aromatic carbocycles. The lowest BCUT2D eigenvalue weighted by atomic mass is 9.99. The predicted octanol–water partition coefficient (Wildman–Crippen LogP) is 1.35. The lowest BCUT2D eigenvalue weighted by molar-refractivity contribution is 0.121. The summed E-state index contributed by atoms with van der Waals surface area (Å²) in [5.74, 6) is 0.0262. The highest BCUT2D eigenvalue weighted by atomic mass is 32.2. The molecule has 110 valence electrons.